The van der Waals surface area contributed by atoms with Crippen LogP contribution in [0, 0.1) is 0 Å². The Balaban J connectivity index is 3.13. The maximum absolute atomic E-state index is 11.3. The highest BCUT2D eigenvalue weighted by atomic mass is 32.2. The first-order chi connectivity index (χ1) is 6.96. The first-order valence-corrected chi connectivity index (χ1v) is 6.20. The summed E-state index contributed by atoms with van der Waals surface area (Å²) in [7, 11) is -1.80. The van der Waals surface area contributed by atoms with Gasteiger partial charge in [0, 0.05) is 13.6 Å². The molecule has 0 aliphatic carbocycles. The monoisotopic (exact) mass is 230 g/mol. The number of nitrogens with one attached hydrogen (secondary N) is 1. The maximum atomic E-state index is 11.3. The third kappa shape index (κ3) is 2.92. The largest absolute Gasteiger partial charge is 0.316 e. The Morgan fingerprint density at radius 1 is 1.40 bits per heavy atom. The molecule has 1 aromatic rings. The number of nitrogens with zero attached hydrogens (tertiary/aromatic N) is 1. The number of benzene rings is 1. The van der Waals surface area contributed by atoms with Gasteiger partial charge in [-0.25, -0.2) is 13.9 Å². The number of para-hydroxylation sites is 1. The van der Waals surface area contributed by atoms with Crippen LogP contribution >= 0.6 is 0 Å². The lowest BCUT2D eigenvalue weighted by atomic mass is 10.2. The molecule has 15 heavy (non-hydrogen) atoms. The lowest BCUT2D eigenvalue weighted by Gasteiger charge is -2.19. The first-order valence-electron chi connectivity index (χ1n) is 4.35. The minimum Gasteiger partial charge on any atom is -0.316 e. The van der Waals surface area contributed by atoms with Gasteiger partial charge in [0.25, 0.3) is 0 Å². The fourth-order valence-electron chi connectivity index (χ4n) is 1.23. The Hall–Kier alpha value is -1.11. The predicted octanol–water partition coefficient (Wildman–Crippen LogP) is 0.561. The topological polar surface area (TPSA) is 69.6 Å². The summed E-state index contributed by atoms with van der Waals surface area (Å²) in [6.07, 6.45) is 1.14. The van der Waals surface area contributed by atoms with Crippen LogP contribution in [0.2, 0.25) is 0 Å². The van der Waals surface area contributed by atoms with Crippen molar-refractivity contribution >= 4 is 15.7 Å². The van der Waals surface area contributed by atoms with Gasteiger partial charge >= 0.3 is 0 Å². The summed E-state index contributed by atoms with van der Waals surface area (Å²) in [4.78, 5) is 0. The molecule has 0 radical (unpaired) electrons. The molecule has 0 heterocycles. The minimum atomic E-state index is -3.27. The third-order valence-electron chi connectivity index (χ3n) is 2.10. The Morgan fingerprint density at radius 2 is 2.00 bits per heavy atom. The molecule has 0 aliphatic rings. The quantitative estimate of drug-likeness (QED) is 0.742. The molecule has 6 heteroatoms. The summed E-state index contributed by atoms with van der Waals surface area (Å²) >= 11 is 0. The summed E-state index contributed by atoms with van der Waals surface area (Å²) in [5.74, 6) is 0. The van der Waals surface area contributed by atoms with E-state index >= 15 is 0 Å². The number of hydrogen-bond acceptors (Lipinski definition) is 4. The number of anilines is 1. The van der Waals surface area contributed by atoms with E-state index in [1.54, 1.807) is 24.3 Å². The molecule has 1 rings (SSSR count). The highest BCUT2D eigenvalue weighted by molar-refractivity contribution is 7.92. The molecular weight excluding hydrogens is 216 g/mol. The van der Waals surface area contributed by atoms with E-state index in [0.717, 1.165) is 6.26 Å². The van der Waals surface area contributed by atoms with Crippen molar-refractivity contribution in [2.45, 2.75) is 6.54 Å². The first kappa shape index (κ1) is 12.0. The molecule has 0 saturated heterocycles. The summed E-state index contributed by atoms with van der Waals surface area (Å²) in [6, 6.07) is 6.97. The van der Waals surface area contributed by atoms with E-state index < -0.39 is 10.0 Å². The Labute approximate surface area is 89.3 Å². The molecule has 5 nitrogen and oxygen atoms in total. The van der Waals surface area contributed by atoms with E-state index in [1.807, 2.05) is 5.48 Å². The summed E-state index contributed by atoms with van der Waals surface area (Å²) in [5, 5.41) is 8.61. The number of sulfonamides is 1. The van der Waals surface area contributed by atoms with Gasteiger partial charge in [0.2, 0.25) is 10.0 Å². The zero-order valence-corrected chi connectivity index (χ0v) is 9.45. The van der Waals surface area contributed by atoms with Crippen LogP contribution < -0.4 is 9.79 Å². The van der Waals surface area contributed by atoms with Gasteiger partial charge in [-0.3, -0.25) is 4.31 Å². The van der Waals surface area contributed by atoms with Crippen LogP contribution in [0.1, 0.15) is 5.56 Å². The van der Waals surface area contributed by atoms with Crippen LogP contribution in [0.5, 0.6) is 0 Å². The Morgan fingerprint density at radius 3 is 2.53 bits per heavy atom. The van der Waals surface area contributed by atoms with Crippen LogP contribution in [-0.2, 0) is 16.6 Å². The Kier molecular flexibility index (Phi) is 3.67. The van der Waals surface area contributed by atoms with Gasteiger partial charge in [-0.1, -0.05) is 18.2 Å². The van der Waals surface area contributed by atoms with Crippen LogP contribution in [-0.4, -0.2) is 26.9 Å². The van der Waals surface area contributed by atoms with Gasteiger partial charge < -0.3 is 5.21 Å². The fraction of sp³-hybridized carbons (Fsp3) is 0.333. The highest BCUT2D eigenvalue weighted by Gasteiger charge is 2.14. The summed E-state index contributed by atoms with van der Waals surface area (Å²) in [5.41, 5.74) is 3.28. The van der Waals surface area contributed by atoms with Gasteiger partial charge in [-0.05, 0) is 11.6 Å². The number of rotatable bonds is 4. The average Bonchev–Trinajstić information content (AvgIpc) is 2.17. The van der Waals surface area contributed by atoms with Crippen molar-refractivity contribution in [3.05, 3.63) is 29.8 Å². The van der Waals surface area contributed by atoms with Gasteiger partial charge in [-0.15, -0.1) is 0 Å². The molecule has 84 valence electrons. The van der Waals surface area contributed by atoms with Gasteiger partial charge in [0.05, 0.1) is 11.9 Å². The molecule has 0 spiro atoms. The van der Waals surface area contributed by atoms with Crippen molar-refractivity contribution in [2.75, 3.05) is 17.6 Å². The van der Waals surface area contributed by atoms with Crippen molar-refractivity contribution in [2.24, 2.45) is 0 Å². The van der Waals surface area contributed by atoms with E-state index in [-0.39, 0.29) is 6.54 Å². The highest BCUT2D eigenvalue weighted by Crippen LogP contribution is 2.20. The maximum Gasteiger partial charge on any atom is 0.232 e. The minimum absolute atomic E-state index is 0.204. The Bertz CT molecular complexity index is 431. The van der Waals surface area contributed by atoms with Crippen molar-refractivity contribution in [3.63, 3.8) is 0 Å². The van der Waals surface area contributed by atoms with Gasteiger partial charge in [-0.2, -0.15) is 0 Å². The summed E-state index contributed by atoms with van der Waals surface area (Å²) in [6.45, 7) is 0.204. The fourth-order valence-corrected chi connectivity index (χ4v) is 1.77. The zero-order valence-electron chi connectivity index (χ0n) is 8.64. The van der Waals surface area contributed by atoms with Gasteiger partial charge in [0.1, 0.15) is 0 Å². The van der Waals surface area contributed by atoms with Crippen LogP contribution in [0.4, 0.5) is 5.69 Å². The molecule has 0 unspecified atom stereocenters. The molecule has 0 aliphatic heterocycles. The van der Waals surface area contributed by atoms with Crippen molar-refractivity contribution in [3.8, 4) is 0 Å². The number of hydrogen-bond donors (Lipinski definition) is 2. The van der Waals surface area contributed by atoms with E-state index in [1.165, 1.54) is 11.4 Å². The number of hydroxylamine groups is 1. The van der Waals surface area contributed by atoms with E-state index in [2.05, 4.69) is 0 Å². The van der Waals surface area contributed by atoms with Gasteiger partial charge in [0.15, 0.2) is 0 Å². The molecule has 1 aromatic carbocycles. The molecule has 0 fully saturated rings. The molecule has 0 amide bonds. The van der Waals surface area contributed by atoms with Crippen LogP contribution in [0.25, 0.3) is 0 Å². The molecule has 0 bridgehead atoms. The van der Waals surface area contributed by atoms with E-state index in [4.69, 9.17) is 5.21 Å². The third-order valence-corrected chi connectivity index (χ3v) is 3.29. The smallest absolute Gasteiger partial charge is 0.232 e. The zero-order chi connectivity index (χ0) is 11.5. The molecule has 2 N–H and O–H groups in total. The molecule has 0 atom stereocenters. The second-order valence-corrected chi connectivity index (χ2v) is 5.21. The molecule has 0 saturated carbocycles. The standard InChI is InChI=1S/C9H14N2O3S/c1-11(15(2,13)14)9-6-4-3-5-8(9)7-10-12/h3-6,10,12H,7H2,1-2H3. The van der Waals surface area contributed by atoms with Crippen LogP contribution in [0.15, 0.2) is 24.3 Å². The predicted molar refractivity (Wildman–Crippen MR) is 58.3 cm³/mol. The van der Waals surface area contributed by atoms with Crippen molar-refractivity contribution in [1.82, 2.24) is 5.48 Å². The molecular formula is C9H14N2O3S. The van der Waals surface area contributed by atoms with Crippen molar-refractivity contribution < 1.29 is 13.6 Å². The van der Waals surface area contributed by atoms with E-state index in [9.17, 15) is 8.42 Å². The second kappa shape index (κ2) is 4.61. The van der Waals surface area contributed by atoms with Crippen molar-refractivity contribution in [1.29, 1.82) is 0 Å². The lowest BCUT2D eigenvalue weighted by Crippen LogP contribution is -2.26. The second-order valence-electron chi connectivity index (χ2n) is 3.19. The van der Waals surface area contributed by atoms with E-state index in [0.29, 0.717) is 11.3 Å². The summed E-state index contributed by atoms with van der Waals surface area (Å²) < 4.78 is 23.8. The van der Waals surface area contributed by atoms with Crippen LogP contribution in [0.3, 0.4) is 0 Å². The average molecular weight is 230 g/mol. The SMILES string of the molecule is CN(c1ccccc1CNO)S(C)(=O)=O. The normalized spacial score (nSPS) is 11.4. The lowest BCUT2D eigenvalue weighted by molar-refractivity contribution is 0.161. The molecule has 0 aromatic heterocycles.